The summed E-state index contributed by atoms with van der Waals surface area (Å²) < 4.78 is 5.17. The first-order chi connectivity index (χ1) is 14.0. The summed E-state index contributed by atoms with van der Waals surface area (Å²) in [5.74, 6) is -1.22. The number of hydrogen-bond donors (Lipinski definition) is 1. The summed E-state index contributed by atoms with van der Waals surface area (Å²) in [6, 6.07) is 12.1. The first-order valence-electron chi connectivity index (χ1n) is 9.62. The molecule has 1 aliphatic heterocycles. The van der Waals surface area contributed by atoms with Gasteiger partial charge in [-0.05, 0) is 55.7 Å². The molecule has 0 aromatic heterocycles. The number of nitrogens with one attached hydrogen (secondary N) is 1. The Labute approximate surface area is 174 Å². The van der Waals surface area contributed by atoms with Crippen LogP contribution < -0.4 is 5.32 Å². The fraction of sp³-hybridized carbons (Fsp3) is 0.318. The van der Waals surface area contributed by atoms with E-state index in [0.29, 0.717) is 34.8 Å². The molecule has 152 valence electrons. The minimum absolute atomic E-state index is 0.145. The van der Waals surface area contributed by atoms with Crippen molar-refractivity contribution in [2.75, 3.05) is 19.7 Å². The van der Waals surface area contributed by atoms with Gasteiger partial charge >= 0.3 is 5.97 Å². The van der Waals surface area contributed by atoms with Crippen LogP contribution in [-0.4, -0.2) is 42.4 Å². The predicted octanol–water partition coefficient (Wildman–Crippen LogP) is 3.61. The molecule has 0 radical (unpaired) electrons. The van der Waals surface area contributed by atoms with Crippen LogP contribution in [0.5, 0.6) is 0 Å². The molecule has 0 saturated carbocycles. The van der Waals surface area contributed by atoms with Gasteiger partial charge in [0.15, 0.2) is 6.04 Å². The average Bonchev–Trinajstić information content (AvgIpc) is 3.27. The molecule has 7 heteroatoms. The molecule has 1 N–H and O–H groups in total. The molecule has 2 aromatic carbocycles. The number of amides is 2. The van der Waals surface area contributed by atoms with Crippen LogP contribution in [0.1, 0.15) is 52.1 Å². The fourth-order valence-corrected chi connectivity index (χ4v) is 3.46. The van der Waals surface area contributed by atoms with Crippen molar-refractivity contribution in [2.45, 2.75) is 25.8 Å². The third-order valence-electron chi connectivity index (χ3n) is 4.80. The Morgan fingerprint density at radius 2 is 1.72 bits per heavy atom. The van der Waals surface area contributed by atoms with Gasteiger partial charge in [-0.15, -0.1) is 0 Å². The van der Waals surface area contributed by atoms with Crippen molar-refractivity contribution in [1.82, 2.24) is 10.2 Å². The number of ether oxygens (including phenoxy) is 1. The minimum atomic E-state index is -1.10. The van der Waals surface area contributed by atoms with Crippen LogP contribution in [0.25, 0.3) is 0 Å². The monoisotopic (exact) mass is 414 g/mol. The van der Waals surface area contributed by atoms with Gasteiger partial charge in [0.25, 0.3) is 11.8 Å². The SMILES string of the molecule is CCOC(=O)[C@@H](NC(=O)c1ccc(Cl)cc1)c1ccccc1C(=O)N1CCCC1. The van der Waals surface area contributed by atoms with Crippen molar-refractivity contribution in [3.8, 4) is 0 Å². The summed E-state index contributed by atoms with van der Waals surface area (Å²) in [4.78, 5) is 40.2. The molecule has 0 bridgehead atoms. The number of benzene rings is 2. The third-order valence-corrected chi connectivity index (χ3v) is 5.05. The smallest absolute Gasteiger partial charge is 0.333 e. The van der Waals surface area contributed by atoms with Gasteiger partial charge in [0.2, 0.25) is 0 Å². The van der Waals surface area contributed by atoms with E-state index < -0.39 is 17.9 Å². The topological polar surface area (TPSA) is 75.7 Å². The Bertz CT molecular complexity index is 892. The van der Waals surface area contributed by atoms with Crippen LogP contribution in [-0.2, 0) is 9.53 Å². The predicted molar refractivity (Wildman–Crippen MR) is 110 cm³/mol. The summed E-state index contributed by atoms with van der Waals surface area (Å²) in [7, 11) is 0. The van der Waals surface area contributed by atoms with E-state index in [-0.39, 0.29) is 12.5 Å². The highest BCUT2D eigenvalue weighted by Gasteiger charge is 2.30. The summed E-state index contributed by atoms with van der Waals surface area (Å²) in [5.41, 5.74) is 1.17. The molecule has 0 unspecified atom stereocenters. The van der Waals surface area contributed by atoms with Crippen molar-refractivity contribution in [2.24, 2.45) is 0 Å². The number of halogens is 1. The number of carbonyl (C=O) groups excluding carboxylic acids is 3. The number of carbonyl (C=O) groups is 3. The lowest BCUT2D eigenvalue weighted by Crippen LogP contribution is -2.37. The Balaban J connectivity index is 1.93. The van der Waals surface area contributed by atoms with Gasteiger partial charge in [0.1, 0.15) is 0 Å². The Hall–Kier alpha value is -2.86. The zero-order valence-electron chi connectivity index (χ0n) is 16.2. The molecule has 29 heavy (non-hydrogen) atoms. The van der Waals surface area contributed by atoms with Crippen LogP contribution in [0.15, 0.2) is 48.5 Å². The standard InChI is InChI=1S/C22H23ClN2O4/c1-2-29-22(28)19(24-20(26)15-9-11-16(23)12-10-15)17-7-3-4-8-18(17)21(27)25-13-5-6-14-25/h3-4,7-12,19H,2,5-6,13-14H2,1H3,(H,24,26)/t19-/m0/s1. The van der Waals surface area contributed by atoms with Crippen LogP contribution in [0.4, 0.5) is 0 Å². The Kier molecular flexibility index (Phi) is 6.88. The maximum atomic E-state index is 13.0. The summed E-state index contributed by atoms with van der Waals surface area (Å²) in [6.07, 6.45) is 1.92. The van der Waals surface area contributed by atoms with E-state index >= 15 is 0 Å². The lowest BCUT2D eigenvalue weighted by molar-refractivity contribution is -0.145. The second-order valence-electron chi connectivity index (χ2n) is 6.75. The molecule has 3 rings (SSSR count). The van der Waals surface area contributed by atoms with Gasteiger partial charge in [0, 0.05) is 29.2 Å². The molecule has 6 nitrogen and oxygen atoms in total. The minimum Gasteiger partial charge on any atom is -0.464 e. The van der Waals surface area contributed by atoms with Crippen molar-refractivity contribution in [3.63, 3.8) is 0 Å². The fourth-order valence-electron chi connectivity index (χ4n) is 3.34. The second-order valence-corrected chi connectivity index (χ2v) is 7.19. The highest BCUT2D eigenvalue weighted by atomic mass is 35.5. The van der Waals surface area contributed by atoms with E-state index in [9.17, 15) is 14.4 Å². The van der Waals surface area contributed by atoms with E-state index in [2.05, 4.69) is 5.32 Å². The molecule has 1 atom stereocenters. The Morgan fingerprint density at radius 1 is 1.07 bits per heavy atom. The van der Waals surface area contributed by atoms with Crippen LogP contribution >= 0.6 is 11.6 Å². The largest absolute Gasteiger partial charge is 0.464 e. The maximum Gasteiger partial charge on any atom is 0.333 e. The van der Waals surface area contributed by atoms with E-state index in [4.69, 9.17) is 16.3 Å². The number of hydrogen-bond acceptors (Lipinski definition) is 4. The maximum absolute atomic E-state index is 13.0. The van der Waals surface area contributed by atoms with Gasteiger partial charge in [-0.2, -0.15) is 0 Å². The van der Waals surface area contributed by atoms with Crippen molar-refractivity contribution in [1.29, 1.82) is 0 Å². The summed E-state index contributed by atoms with van der Waals surface area (Å²) in [5, 5.41) is 3.22. The number of esters is 1. The van der Waals surface area contributed by atoms with Gasteiger partial charge in [0.05, 0.1) is 6.61 Å². The van der Waals surface area contributed by atoms with Crippen molar-refractivity contribution < 1.29 is 19.1 Å². The van der Waals surface area contributed by atoms with Gasteiger partial charge in [-0.1, -0.05) is 29.8 Å². The van der Waals surface area contributed by atoms with Crippen molar-refractivity contribution in [3.05, 3.63) is 70.2 Å². The van der Waals surface area contributed by atoms with E-state index in [0.717, 1.165) is 12.8 Å². The molecular formula is C22H23ClN2O4. The second kappa shape index (κ2) is 9.56. The quantitative estimate of drug-likeness (QED) is 0.732. The average molecular weight is 415 g/mol. The third kappa shape index (κ3) is 4.95. The first-order valence-corrected chi connectivity index (χ1v) is 10.0. The zero-order valence-corrected chi connectivity index (χ0v) is 16.9. The zero-order chi connectivity index (χ0) is 20.8. The molecule has 1 heterocycles. The molecule has 0 spiro atoms. The van der Waals surface area contributed by atoms with Gasteiger partial charge in [-0.25, -0.2) is 4.79 Å². The number of nitrogens with zero attached hydrogens (tertiary/aromatic N) is 1. The Morgan fingerprint density at radius 3 is 2.38 bits per heavy atom. The van der Waals surface area contributed by atoms with Crippen molar-refractivity contribution >= 4 is 29.4 Å². The number of rotatable bonds is 6. The lowest BCUT2D eigenvalue weighted by atomic mass is 9.98. The normalized spacial score (nSPS) is 14.3. The molecule has 0 aliphatic carbocycles. The van der Waals surface area contributed by atoms with Crippen LogP contribution in [0.2, 0.25) is 5.02 Å². The molecular weight excluding hydrogens is 392 g/mol. The molecule has 1 aliphatic rings. The first kappa shape index (κ1) is 20.9. The van der Waals surface area contributed by atoms with E-state index in [1.165, 1.54) is 0 Å². The van der Waals surface area contributed by atoms with Crippen LogP contribution in [0, 0.1) is 0 Å². The molecule has 1 saturated heterocycles. The van der Waals surface area contributed by atoms with Gasteiger partial charge in [-0.3, -0.25) is 9.59 Å². The summed E-state index contributed by atoms with van der Waals surface area (Å²) in [6.45, 7) is 3.23. The van der Waals surface area contributed by atoms with E-state index in [1.807, 2.05) is 0 Å². The molecule has 2 amide bonds. The highest BCUT2D eigenvalue weighted by Crippen LogP contribution is 2.24. The van der Waals surface area contributed by atoms with Gasteiger partial charge < -0.3 is 15.0 Å². The molecule has 1 fully saturated rings. The lowest BCUT2D eigenvalue weighted by Gasteiger charge is -2.22. The van der Waals surface area contributed by atoms with Crippen LogP contribution in [0.3, 0.4) is 0 Å². The molecule has 2 aromatic rings. The number of likely N-dealkylation sites (tertiary alicyclic amines) is 1. The summed E-state index contributed by atoms with van der Waals surface area (Å²) >= 11 is 5.88. The van der Waals surface area contributed by atoms with E-state index in [1.54, 1.807) is 60.4 Å². The highest BCUT2D eigenvalue weighted by molar-refractivity contribution is 6.30.